The smallest absolute Gasteiger partial charge is 0.244 e. The quantitative estimate of drug-likeness (QED) is 0.327. The predicted molar refractivity (Wildman–Crippen MR) is 156 cm³/mol. The van der Waals surface area contributed by atoms with E-state index < -0.39 is 28.5 Å². The molecule has 0 radical (unpaired) electrons. The summed E-state index contributed by atoms with van der Waals surface area (Å²) in [5.41, 5.74) is 0.776. The van der Waals surface area contributed by atoms with Gasteiger partial charge in [-0.1, -0.05) is 73.1 Å². The SMILES string of the molecule is CC[C@@H](C(=O)NC1CCCCC1)N(Cc1ccc(OC)cc1)C(=O)CN(c1cc(Cl)c(Cl)cc1Cl)S(C)(=O)=O. The average molecular weight is 619 g/mol. The van der Waals surface area contributed by atoms with Crippen LogP contribution in [-0.4, -0.2) is 57.1 Å². The molecule has 0 aromatic heterocycles. The van der Waals surface area contributed by atoms with Crippen LogP contribution < -0.4 is 14.4 Å². The Morgan fingerprint density at radius 1 is 1.03 bits per heavy atom. The summed E-state index contributed by atoms with van der Waals surface area (Å²) in [6.07, 6.45) is 6.34. The maximum Gasteiger partial charge on any atom is 0.244 e. The normalized spacial score (nSPS) is 14.9. The molecule has 1 aliphatic rings. The zero-order chi connectivity index (χ0) is 28.7. The minimum atomic E-state index is -3.97. The highest BCUT2D eigenvalue weighted by Crippen LogP contribution is 2.35. The summed E-state index contributed by atoms with van der Waals surface area (Å²) in [6.45, 7) is 1.33. The first-order valence-electron chi connectivity index (χ1n) is 12.8. The number of hydrogen-bond donors (Lipinski definition) is 1. The number of methoxy groups -OCH3 is 1. The number of benzene rings is 2. The van der Waals surface area contributed by atoms with Crippen LogP contribution in [0.1, 0.15) is 51.0 Å². The lowest BCUT2D eigenvalue weighted by Crippen LogP contribution is -2.54. The summed E-state index contributed by atoms with van der Waals surface area (Å²) in [4.78, 5) is 28.8. The fraction of sp³-hybridized carbons (Fsp3) is 0.481. The molecule has 39 heavy (non-hydrogen) atoms. The molecule has 1 N–H and O–H groups in total. The van der Waals surface area contributed by atoms with Crippen molar-refractivity contribution >= 4 is 62.3 Å². The first-order valence-corrected chi connectivity index (χ1v) is 15.8. The van der Waals surface area contributed by atoms with Gasteiger partial charge in [-0.05, 0) is 49.1 Å². The first-order chi connectivity index (χ1) is 18.4. The van der Waals surface area contributed by atoms with Crippen LogP contribution in [0.2, 0.25) is 15.1 Å². The van der Waals surface area contributed by atoms with Crippen LogP contribution in [0.5, 0.6) is 5.75 Å². The Kier molecular flexibility index (Phi) is 11.2. The van der Waals surface area contributed by atoms with Gasteiger partial charge >= 0.3 is 0 Å². The zero-order valence-corrected chi connectivity index (χ0v) is 25.3. The van der Waals surface area contributed by atoms with Gasteiger partial charge in [0.25, 0.3) is 0 Å². The van der Waals surface area contributed by atoms with E-state index in [1.54, 1.807) is 31.4 Å². The van der Waals surface area contributed by atoms with Crippen LogP contribution in [-0.2, 0) is 26.2 Å². The second kappa shape index (κ2) is 13.9. The van der Waals surface area contributed by atoms with Gasteiger partial charge < -0.3 is 15.0 Å². The van der Waals surface area contributed by atoms with Crippen LogP contribution in [0.4, 0.5) is 5.69 Å². The van der Waals surface area contributed by atoms with Gasteiger partial charge in [0, 0.05) is 12.6 Å². The maximum atomic E-state index is 13.9. The van der Waals surface area contributed by atoms with E-state index in [0.717, 1.165) is 48.2 Å². The van der Waals surface area contributed by atoms with Gasteiger partial charge in [-0.3, -0.25) is 13.9 Å². The van der Waals surface area contributed by atoms with Crippen molar-refractivity contribution in [3.8, 4) is 5.75 Å². The van der Waals surface area contributed by atoms with Crippen molar-refractivity contribution in [1.29, 1.82) is 0 Å². The van der Waals surface area contributed by atoms with E-state index in [2.05, 4.69) is 5.32 Å². The lowest BCUT2D eigenvalue weighted by molar-refractivity contribution is -0.140. The lowest BCUT2D eigenvalue weighted by Gasteiger charge is -2.34. The van der Waals surface area contributed by atoms with Crippen LogP contribution in [0, 0.1) is 0 Å². The van der Waals surface area contributed by atoms with Crippen molar-refractivity contribution in [2.45, 2.75) is 64.1 Å². The average Bonchev–Trinajstić information content (AvgIpc) is 2.89. The highest BCUT2D eigenvalue weighted by Gasteiger charge is 2.33. The van der Waals surface area contributed by atoms with E-state index in [9.17, 15) is 18.0 Å². The Morgan fingerprint density at radius 2 is 1.64 bits per heavy atom. The molecular formula is C27H34Cl3N3O5S. The number of nitrogens with one attached hydrogen (secondary N) is 1. The van der Waals surface area contributed by atoms with Crippen molar-refractivity contribution in [3.05, 3.63) is 57.0 Å². The minimum absolute atomic E-state index is 0.0195. The van der Waals surface area contributed by atoms with E-state index in [1.807, 2.05) is 6.92 Å². The summed E-state index contributed by atoms with van der Waals surface area (Å²) in [6, 6.07) is 9.00. The van der Waals surface area contributed by atoms with E-state index >= 15 is 0 Å². The number of amides is 2. The molecule has 0 bridgehead atoms. The number of carbonyl (C=O) groups excluding carboxylic acids is 2. The molecule has 2 aromatic rings. The van der Waals surface area contributed by atoms with Gasteiger partial charge in [-0.25, -0.2) is 8.42 Å². The summed E-state index contributed by atoms with van der Waals surface area (Å²) in [7, 11) is -2.42. The van der Waals surface area contributed by atoms with Crippen molar-refractivity contribution in [1.82, 2.24) is 10.2 Å². The summed E-state index contributed by atoms with van der Waals surface area (Å²) >= 11 is 18.5. The Labute approximate surface area is 245 Å². The van der Waals surface area contributed by atoms with Crippen molar-refractivity contribution in [2.75, 3.05) is 24.2 Å². The molecule has 2 aromatic carbocycles. The van der Waals surface area contributed by atoms with Gasteiger partial charge in [0.15, 0.2) is 0 Å². The number of ether oxygens (including phenoxy) is 1. The number of rotatable bonds is 11. The molecule has 0 aliphatic heterocycles. The Balaban J connectivity index is 1.96. The van der Waals surface area contributed by atoms with Crippen LogP contribution in [0.25, 0.3) is 0 Å². The maximum absolute atomic E-state index is 13.9. The molecule has 0 unspecified atom stereocenters. The topological polar surface area (TPSA) is 96.0 Å². The standard InChI is InChI=1S/C27H34Cl3N3O5S/c1-4-24(27(35)31-19-8-6-5-7-9-19)32(16-18-10-12-20(38-2)13-11-18)26(34)17-33(39(3,36)37)25-15-22(29)21(28)14-23(25)30/h10-15,19,24H,4-9,16-17H2,1-3H3,(H,31,35)/t24-/m0/s1. The van der Waals surface area contributed by atoms with Crippen LogP contribution in [0.3, 0.4) is 0 Å². The fourth-order valence-corrected chi connectivity index (χ4v) is 6.24. The lowest BCUT2D eigenvalue weighted by atomic mass is 9.95. The molecule has 12 heteroatoms. The number of anilines is 1. The molecule has 1 aliphatic carbocycles. The third-order valence-electron chi connectivity index (χ3n) is 6.79. The molecule has 214 valence electrons. The van der Waals surface area contributed by atoms with Crippen LogP contribution >= 0.6 is 34.8 Å². The van der Waals surface area contributed by atoms with Crippen molar-refractivity contribution in [2.24, 2.45) is 0 Å². The van der Waals surface area contributed by atoms with Gasteiger partial charge in [0.1, 0.15) is 18.3 Å². The number of nitrogens with zero attached hydrogens (tertiary/aromatic N) is 2. The second-order valence-electron chi connectivity index (χ2n) is 9.62. The van der Waals surface area contributed by atoms with Gasteiger partial charge in [0.05, 0.1) is 34.1 Å². The minimum Gasteiger partial charge on any atom is -0.497 e. The van der Waals surface area contributed by atoms with Crippen molar-refractivity contribution in [3.63, 3.8) is 0 Å². The molecule has 2 amide bonds. The third-order valence-corrected chi connectivity index (χ3v) is 8.94. The molecule has 1 fully saturated rings. The third kappa shape index (κ3) is 8.39. The van der Waals surface area contributed by atoms with E-state index in [1.165, 1.54) is 17.0 Å². The highest BCUT2D eigenvalue weighted by molar-refractivity contribution is 7.92. The fourth-order valence-electron chi connectivity index (χ4n) is 4.69. The molecule has 0 heterocycles. The molecule has 8 nitrogen and oxygen atoms in total. The molecular weight excluding hydrogens is 585 g/mol. The first kappa shape index (κ1) is 31.3. The monoisotopic (exact) mass is 617 g/mol. The molecule has 0 spiro atoms. The highest BCUT2D eigenvalue weighted by atomic mass is 35.5. The molecule has 1 atom stereocenters. The van der Waals surface area contributed by atoms with E-state index in [0.29, 0.717) is 12.2 Å². The zero-order valence-electron chi connectivity index (χ0n) is 22.3. The summed E-state index contributed by atoms with van der Waals surface area (Å²) in [5.74, 6) is -0.176. The van der Waals surface area contributed by atoms with Gasteiger partial charge in [0.2, 0.25) is 21.8 Å². The van der Waals surface area contributed by atoms with Crippen LogP contribution in [0.15, 0.2) is 36.4 Å². The molecule has 0 saturated heterocycles. The summed E-state index contributed by atoms with van der Waals surface area (Å²) in [5, 5.41) is 3.37. The van der Waals surface area contributed by atoms with E-state index in [4.69, 9.17) is 39.5 Å². The number of sulfonamides is 1. The predicted octanol–water partition coefficient (Wildman–Crippen LogP) is 5.68. The second-order valence-corrected chi connectivity index (χ2v) is 12.8. The van der Waals surface area contributed by atoms with Gasteiger partial charge in [-0.15, -0.1) is 0 Å². The number of halogens is 3. The Morgan fingerprint density at radius 3 is 2.21 bits per heavy atom. The summed E-state index contributed by atoms with van der Waals surface area (Å²) < 4.78 is 31.8. The Hall–Kier alpha value is -2.20. The molecule has 1 saturated carbocycles. The van der Waals surface area contributed by atoms with Gasteiger partial charge in [-0.2, -0.15) is 0 Å². The van der Waals surface area contributed by atoms with E-state index in [-0.39, 0.29) is 39.2 Å². The number of carbonyl (C=O) groups is 2. The van der Waals surface area contributed by atoms with Crippen molar-refractivity contribution < 1.29 is 22.7 Å². The largest absolute Gasteiger partial charge is 0.497 e. The molecule has 3 rings (SSSR count). The Bertz CT molecular complexity index is 1270. The number of hydrogen-bond acceptors (Lipinski definition) is 5.